The molecular formula is C12H11Cl2N3O. The second-order valence-electron chi connectivity index (χ2n) is 3.93. The Labute approximate surface area is 115 Å². The molecule has 0 aliphatic heterocycles. The average Bonchev–Trinajstić information content (AvgIpc) is 2.56. The standard InChI is InChI=1S/C12H11Cl2N3O/c1-7-9(12(14)17(2)16-7)5-11(18)8-3-4-15-6-10(8)13/h3-4,6H,5H2,1-2H3. The summed E-state index contributed by atoms with van der Waals surface area (Å²) in [7, 11) is 1.74. The van der Waals surface area contributed by atoms with E-state index in [2.05, 4.69) is 10.1 Å². The highest BCUT2D eigenvalue weighted by Crippen LogP contribution is 2.22. The average molecular weight is 284 g/mol. The molecule has 2 heterocycles. The van der Waals surface area contributed by atoms with Crippen LogP contribution in [0.5, 0.6) is 0 Å². The van der Waals surface area contributed by atoms with Crippen LogP contribution in [0, 0.1) is 6.92 Å². The first-order valence-corrected chi connectivity index (χ1v) is 6.07. The molecule has 0 bridgehead atoms. The molecule has 2 aromatic heterocycles. The molecule has 0 spiro atoms. The van der Waals surface area contributed by atoms with E-state index >= 15 is 0 Å². The lowest BCUT2D eigenvalue weighted by Crippen LogP contribution is -2.05. The van der Waals surface area contributed by atoms with Gasteiger partial charge < -0.3 is 0 Å². The summed E-state index contributed by atoms with van der Waals surface area (Å²) in [5.74, 6) is -0.0969. The van der Waals surface area contributed by atoms with Gasteiger partial charge in [-0.3, -0.25) is 14.5 Å². The van der Waals surface area contributed by atoms with Crippen LogP contribution in [-0.4, -0.2) is 20.5 Å². The lowest BCUT2D eigenvalue weighted by molar-refractivity contribution is 0.0993. The third-order valence-corrected chi connectivity index (χ3v) is 3.45. The number of carbonyl (C=O) groups is 1. The van der Waals surface area contributed by atoms with E-state index in [1.807, 2.05) is 6.92 Å². The van der Waals surface area contributed by atoms with Crippen molar-refractivity contribution in [3.05, 3.63) is 45.5 Å². The molecule has 2 rings (SSSR count). The number of carbonyl (C=O) groups excluding carboxylic acids is 1. The van der Waals surface area contributed by atoms with Crippen molar-refractivity contribution in [2.45, 2.75) is 13.3 Å². The molecule has 94 valence electrons. The van der Waals surface area contributed by atoms with E-state index in [9.17, 15) is 4.79 Å². The monoisotopic (exact) mass is 283 g/mol. The Balaban J connectivity index is 2.30. The molecular weight excluding hydrogens is 273 g/mol. The maximum atomic E-state index is 12.1. The van der Waals surface area contributed by atoms with Crippen molar-refractivity contribution in [2.75, 3.05) is 0 Å². The van der Waals surface area contributed by atoms with Gasteiger partial charge >= 0.3 is 0 Å². The van der Waals surface area contributed by atoms with Crippen LogP contribution in [0.1, 0.15) is 21.6 Å². The minimum absolute atomic E-state index is 0.0969. The second kappa shape index (κ2) is 5.08. The zero-order valence-electron chi connectivity index (χ0n) is 9.94. The van der Waals surface area contributed by atoms with Crippen LogP contribution < -0.4 is 0 Å². The predicted octanol–water partition coefficient (Wildman–Crippen LogP) is 2.86. The van der Waals surface area contributed by atoms with Crippen molar-refractivity contribution in [3.63, 3.8) is 0 Å². The number of hydrogen-bond donors (Lipinski definition) is 0. The molecule has 0 radical (unpaired) electrons. The molecule has 0 saturated heterocycles. The smallest absolute Gasteiger partial charge is 0.169 e. The van der Waals surface area contributed by atoms with Crippen molar-refractivity contribution in [1.29, 1.82) is 0 Å². The van der Waals surface area contributed by atoms with Crippen molar-refractivity contribution in [2.24, 2.45) is 7.05 Å². The lowest BCUT2D eigenvalue weighted by atomic mass is 10.0. The van der Waals surface area contributed by atoms with Crippen LogP contribution in [0.2, 0.25) is 10.2 Å². The van der Waals surface area contributed by atoms with Gasteiger partial charge in [-0.15, -0.1) is 0 Å². The zero-order valence-corrected chi connectivity index (χ0v) is 11.5. The van der Waals surface area contributed by atoms with Crippen molar-refractivity contribution in [3.8, 4) is 0 Å². The van der Waals surface area contributed by atoms with E-state index in [1.54, 1.807) is 17.8 Å². The van der Waals surface area contributed by atoms with E-state index in [0.29, 0.717) is 15.7 Å². The molecule has 4 nitrogen and oxygen atoms in total. The van der Waals surface area contributed by atoms with E-state index in [4.69, 9.17) is 23.2 Å². The van der Waals surface area contributed by atoms with Gasteiger partial charge in [0, 0.05) is 37.0 Å². The topological polar surface area (TPSA) is 47.8 Å². The van der Waals surface area contributed by atoms with Gasteiger partial charge in [0.1, 0.15) is 5.15 Å². The number of Topliss-reactive ketones (excluding diaryl/α,β-unsaturated/α-hetero) is 1. The molecule has 0 aromatic carbocycles. The Kier molecular flexibility index (Phi) is 3.68. The van der Waals surface area contributed by atoms with E-state index in [0.717, 1.165) is 11.3 Å². The summed E-state index contributed by atoms with van der Waals surface area (Å²) in [6.07, 6.45) is 3.17. The summed E-state index contributed by atoms with van der Waals surface area (Å²) in [4.78, 5) is 16.0. The molecule has 2 aromatic rings. The molecule has 0 aliphatic carbocycles. The number of aromatic nitrogens is 3. The van der Waals surface area contributed by atoms with Crippen LogP contribution in [0.4, 0.5) is 0 Å². The summed E-state index contributed by atoms with van der Waals surface area (Å²) < 4.78 is 1.55. The maximum absolute atomic E-state index is 12.1. The lowest BCUT2D eigenvalue weighted by Gasteiger charge is -2.03. The number of rotatable bonds is 3. The summed E-state index contributed by atoms with van der Waals surface area (Å²) >= 11 is 12.0. The Morgan fingerprint density at radius 2 is 2.17 bits per heavy atom. The van der Waals surface area contributed by atoms with Crippen LogP contribution in [0.15, 0.2) is 18.5 Å². The Morgan fingerprint density at radius 1 is 1.44 bits per heavy atom. The van der Waals surface area contributed by atoms with E-state index in [-0.39, 0.29) is 12.2 Å². The number of aryl methyl sites for hydroxylation is 2. The second-order valence-corrected chi connectivity index (χ2v) is 4.70. The molecule has 6 heteroatoms. The molecule has 0 N–H and O–H groups in total. The van der Waals surface area contributed by atoms with Crippen LogP contribution in [0.3, 0.4) is 0 Å². The zero-order chi connectivity index (χ0) is 13.3. The highest BCUT2D eigenvalue weighted by atomic mass is 35.5. The molecule has 0 aliphatic rings. The molecule has 0 fully saturated rings. The summed E-state index contributed by atoms with van der Waals surface area (Å²) in [6, 6.07) is 1.60. The van der Waals surface area contributed by atoms with Gasteiger partial charge in [-0.1, -0.05) is 23.2 Å². The minimum Gasteiger partial charge on any atom is -0.294 e. The SMILES string of the molecule is Cc1nn(C)c(Cl)c1CC(=O)c1ccncc1Cl. The van der Waals surface area contributed by atoms with Gasteiger partial charge in [-0.05, 0) is 13.0 Å². The highest BCUT2D eigenvalue weighted by molar-refractivity contribution is 6.34. The molecule has 0 saturated carbocycles. The first-order valence-electron chi connectivity index (χ1n) is 5.31. The Hall–Kier alpha value is -1.39. The maximum Gasteiger partial charge on any atom is 0.169 e. The van der Waals surface area contributed by atoms with Crippen molar-refractivity contribution < 1.29 is 4.79 Å². The predicted molar refractivity (Wildman–Crippen MR) is 70.2 cm³/mol. The molecule has 0 amide bonds. The van der Waals surface area contributed by atoms with E-state index in [1.165, 1.54) is 12.4 Å². The number of pyridine rings is 1. The fourth-order valence-electron chi connectivity index (χ4n) is 1.73. The molecule has 18 heavy (non-hydrogen) atoms. The summed E-state index contributed by atoms with van der Waals surface area (Å²) in [5.41, 5.74) is 1.93. The largest absolute Gasteiger partial charge is 0.294 e. The van der Waals surface area contributed by atoms with Gasteiger partial charge in [-0.25, -0.2) is 0 Å². The van der Waals surface area contributed by atoms with Crippen molar-refractivity contribution in [1.82, 2.24) is 14.8 Å². The first-order chi connectivity index (χ1) is 8.50. The van der Waals surface area contributed by atoms with Crippen LogP contribution in [-0.2, 0) is 13.5 Å². The Bertz CT molecular complexity index is 607. The summed E-state index contributed by atoms with van der Waals surface area (Å²) in [6.45, 7) is 1.82. The third kappa shape index (κ3) is 2.40. The number of ketones is 1. The number of hydrogen-bond acceptors (Lipinski definition) is 3. The minimum atomic E-state index is -0.0969. The molecule has 0 unspecified atom stereocenters. The van der Waals surface area contributed by atoms with Crippen LogP contribution >= 0.6 is 23.2 Å². The quantitative estimate of drug-likeness (QED) is 0.814. The van der Waals surface area contributed by atoms with Gasteiger partial charge in [-0.2, -0.15) is 5.10 Å². The van der Waals surface area contributed by atoms with Crippen LogP contribution in [0.25, 0.3) is 0 Å². The van der Waals surface area contributed by atoms with Crippen molar-refractivity contribution >= 4 is 29.0 Å². The van der Waals surface area contributed by atoms with Gasteiger partial charge in [0.05, 0.1) is 10.7 Å². The van der Waals surface area contributed by atoms with Gasteiger partial charge in [0.25, 0.3) is 0 Å². The Morgan fingerprint density at radius 3 is 2.72 bits per heavy atom. The summed E-state index contributed by atoms with van der Waals surface area (Å²) in [5, 5.41) is 4.99. The fraction of sp³-hybridized carbons (Fsp3) is 0.250. The molecule has 0 atom stereocenters. The van der Waals surface area contributed by atoms with E-state index < -0.39 is 0 Å². The fourth-order valence-corrected chi connectivity index (χ4v) is 2.20. The normalized spacial score (nSPS) is 10.7. The van der Waals surface area contributed by atoms with Gasteiger partial charge in [0.2, 0.25) is 0 Å². The number of nitrogens with zero attached hydrogens (tertiary/aromatic N) is 3. The number of halogens is 2. The van der Waals surface area contributed by atoms with Gasteiger partial charge in [0.15, 0.2) is 5.78 Å². The highest BCUT2D eigenvalue weighted by Gasteiger charge is 2.17. The first kappa shape index (κ1) is 13.1. The third-order valence-electron chi connectivity index (χ3n) is 2.68.